The summed E-state index contributed by atoms with van der Waals surface area (Å²) in [5.41, 5.74) is 2.09. The Bertz CT molecular complexity index is 1130. The molecule has 3 atom stereocenters. The summed E-state index contributed by atoms with van der Waals surface area (Å²) in [7, 11) is 1.10. The molecule has 1 saturated heterocycles. The van der Waals surface area contributed by atoms with Crippen molar-refractivity contribution in [2.45, 2.75) is 63.4 Å². The Hall–Kier alpha value is -1.52. The van der Waals surface area contributed by atoms with E-state index in [-0.39, 0.29) is 28.3 Å². The molecule has 37 heavy (non-hydrogen) atoms. The molecule has 198 valence electrons. The van der Waals surface area contributed by atoms with E-state index in [2.05, 4.69) is 49.8 Å². The molecule has 2 aliphatic heterocycles. The fourth-order valence-electron chi connectivity index (χ4n) is 4.30. The normalized spacial score (nSPS) is 21.0. The van der Waals surface area contributed by atoms with Gasteiger partial charge in [-0.05, 0) is 36.2 Å². The Labute approximate surface area is 237 Å². The number of hydrogen-bond donors (Lipinski definition) is 0. The Morgan fingerprint density at radius 2 is 1.59 bits per heavy atom. The molecule has 0 unspecified atom stereocenters. The van der Waals surface area contributed by atoms with E-state index in [0.29, 0.717) is 11.0 Å². The molecule has 9 heteroatoms. The summed E-state index contributed by atoms with van der Waals surface area (Å²) in [5.74, 6) is -0.870. The summed E-state index contributed by atoms with van der Waals surface area (Å²) < 4.78 is 12.7. The number of ether oxygens (including phenoxy) is 1. The lowest BCUT2D eigenvalue weighted by Gasteiger charge is -2.52. The molecule has 2 aromatic rings. The van der Waals surface area contributed by atoms with Gasteiger partial charge in [0, 0.05) is 10.2 Å². The van der Waals surface area contributed by atoms with Gasteiger partial charge in [0.25, 0.3) is 0 Å². The van der Waals surface area contributed by atoms with E-state index in [1.165, 1.54) is 10.8 Å². The van der Waals surface area contributed by atoms with E-state index < -0.39 is 20.4 Å². The molecule has 1 amide bonds. The van der Waals surface area contributed by atoms with Crippen LogP contribution < -0.4 is 0 Å². The number of nitrogens with zero attached hydrogens (tertiary/aromatic N) is 1. The van der Waals surface area contributed by atoms with Gasteiger partial charge in [-0.3, -0.25) is 9.69 Å². The second-order valence-corrected chi connectivity index (χ2v) is 18.6. The van der Waals surface area contributed by atoms with Gasteiger partial charge in [-0.2, -0.15) is 0 Å². The number of β-lactam (4-membered cyclic amide) rings is 1. The Morgan fingerprint density at radius 3 is 2.08 bits per heavy atom. The third-order valence-electron chi connectivity index (χ3n) is 7.37. The molecular weight excluding hydrogens is 586 g/mol. The predicted octanol–water partition coefficient (Wildman–Crippen LogP) is 7.52. The van der Waals surface area contributed by atoms with E-state index in [9.17, 15) is 9.59 Å². The number of esters is 1. The van der Waals surface area contributed by atoms with Gasteiger partial charge >= 0.3 is 5.97 Å². The second-order valence-electron chi connectivity index (χ2n) is 10.9. The fourth-order valence-corrected chi connectivity index (χ4v) is 9.74. The molecule has 4 rings (SSSR count). The van der Waals surface area contributed by atoms with Gasteiger partial charge in [-0.1, -0.05) is 119 Å². The minimum atomic E-state index is -2.05. The van der Waals surface area contributed by atoms with Gasteiger partial charge in [-0.25, -0.2) is 4.79 Å². The molecule has 2 aliphatic rings. The first-order valence-electron chi connectivity index (χ1n) is 12.4. The monoisotopic (exact) mass is 619 g/mol. The maximum Gasteiger partial charge on any atom is 0.356 e. The van der Waals surface area contributed by atoms with E-state index >= 15 is 0 Å². The topological polar surface area (TPSA) is 55.8 Å². The van der Waals surface area contributed by atoms with Crippen molar-refractivity contribution in [1.29, 1.82) is 0 Å². The smallest absolute Gasteiger partial charge is 0.356 e. The number of fused-ring (bicyclic) bond motifs is 1. The van der Waals surface area contributed by atoms with E-state index in [0.717, 1.165) is 16.0 Å². The van der Waals surface area contributed by atoms with Crippen LogP contribution in [-0.2, 0) is 18.8 Å². The fraction of sp³-hybridized carbons (Fsp3) is 0.429. The van der Waals surface area contributed by atoms with Crippen LogP contribution in [-0.4, -0.2) is 41.9 Å². The van der Waals surface area contributed by atoms with Crippen molar-refractivity contribution in [2.24, 2.45) is 5.92 Å². The predicted molar refractivity (Wildman–Crippen MR) is 159 cm³/mol. The number of alkyl halides is 1. The largest absolute Gasteiger partial charge is 0.448 e. The minimum absolute atomic E-state index is 0.0457. The lowest BCUT2D eigenvalue weighted by atomic mass is 9.92. The van der Waals surface area contributed by atoms with E-state index in [1.807, 2.05) is 67.6 Å². The number of hydrogen-bond acceptors (Lipinski definition) is 6. The van der Waals surface area contributed by atoms with E-state index in [4.69, 9.17) is 9.16 Å². The third-order valence-corrected chi connectivity index (χ3v) is 15.7. The molecule has 0 bridgehead atoms. The molecule has 0 radical (unpaired) electrons. The van der Waals surface area contributed by atoms with Gasteiger partial charge in [0.15, 0.2) is 14.4 Å². The number of amides is 1. The highest BCUT2D eigenvalue weighted by molar-refractivity contribution is 9.09. The van der Waals surface area contributed by atoms with E-state index in [1.54, 1.807) is 15.7 Å². The van der Waals surface area contributed by atoms with Crippen molar-refractivity contribution in [3.63, 3.8) is 0 Å². The van der Waals surface area contributed by atoms with Crippen molar-refractivity contribution in [3.8, 4) is 0 Å². The zero-order valence-electron chi connectivity index (χ0n) is 22.1. The lowest BCUT2D eigenvalue weighted by Crippen LogP contribution is -2.65. The maximum atomic E-state index is 13.8. The number of halogens is 1. The van der Waals surface area contributed by atoms with Crippen molar-refractivity contribution < 1.29 is 18.8 Å². The number of rotatable bonds is 8. The van der Waals surface area contributed by atoms with Crippen LogP contribution >= 0.6 is 37.5 Å². The quantitative estimate of drug-likeness (QED) is 0.100. The van der Waals surface area contributed by atoms with Crippen LogP contribution in [0.2, 0.25) is 18.1 Å². The molecule has 5 nitrogen and oxygen atoms in total. The molecule has 0 N–H and O–H groups in total. The first-order valence-corrected chi connectivity index (χ1v) is 18.6. The van der Waals surface area contributed by atoms with Crippen molar-refractivity contribution in [2.75, 3.05) is 5.33 Å². The summed E-state index contributed by atoms with van der Waals surface area (Å²) in [6.07, 6.45) is -0.808. The summed E-state index contributed by atoms with van der Waals surface area (Å²) in [6.45, 7) is 13.0. The summed E-state index contributed by atoms with van der Waals surface area (Å²) >= 11 is 3.52. The maximum absolute atomic E-state index is 13.8. The van der Waals surface area contributed by atoms with Gasteiger partial charge in [0.05, 0.1) is 12.0 Å². The summed E-state index contributed by atoms with van der Waals surface area (Å²) in [5, 5.41) is 0.340. The zero-order valence-corrected chi connectivity index (χ0v) is 26.3. The molecule has 0 aliphatic carbocycles. The van der Waals surface area contributed by atoms with Crippen LogP contribution in [0.25, 0.3) is 0 Å². The lowest BCUT2D eigenvalue weighted by molar-refractivity contribution is -0.159. The number of allylic oxidation sites excluding steroid dienone is 1. The highest BCUT2D eigenvalue weighted by atomic mass is 79.9. The van der Waals surface area contributed by atoms with Crippen molar-refractivity contribution in [3.05, 3.63) is 82.4 Å². The number of carbonyl (C=O) groups is 2. The molecule has 2 aromatic carbocycles. The van der Waals surface area contributed by atoms with Crippen LogP contribution in [0.3, 0.4) is 0 Å². The van der Waals surface area contributed by atoms with Gasteiger partial charge < -0.3 is 9.16 Å². The van der Waals surface area contributed by atoms with Crippen LogP contribution in [0.5, 0.6) is 0 Å². The average molecular weight is 621 g/mol. The highest BCUT2D eigenvalue weighted by Crippen LogP contribution is 2.54. The van der Waals surface area contributed by atoms with Crippen molar-refractivity contribution >= 4 is 57.7 Å². The standard InChI is InChI=1S/C28H34BrNO4S2Si/c1-18(34-37(5,6)28(2,3)4)22-25(31)30-23(21(17-29)35-36-26(22)30)27(32)33-24(19-13-9-7-10-14-19)20-15-11-8-12-16-20/h7-16,18,22,24,26H,17H2,1-6H3/t18-,22+,26-/m1/s1. The SMILES string of the molecule is C[C@@H](O[Si](C)(C)C(C)(C)C)[C@H]1C(=O)N2C(C(=O)OC(c3ccccc3)c3ccccc3)=C(CBr)SS[C@H]12. The van der Waals surface area contributed by atoms with Crippen LogP contribution in [0, 0.1) is 5.92 Å². The Morgan fingerprint density at radius 1 is 1.05 bits per heavy atom. The average Bonchev–Trinajstić information content (AvgIpc) is 2.86. The number of benzene rings is 2. The Balaban J connectivity index is 1.59. The molecule has 2 heterocycles. The molecule has 0 spiro atoms. The van der Waals surface area contributed by atoms with Crippen LogP contribution in [0.1, 0.15) is 44.9 Å². The van der Waals surface area contributed by atoms with Crippen molar-refractivity contribution in [1.82, 2.24) is 4.90 Å². The zero-order chi connectivity index (χ0) is 27.0. The molecule has 1 fully saturated rings. The Kier molecular flexibility index (Phi) is 8.70. The van der Waals surface area contributed by atoms with Gasteiger partial charge in [0.2, 0.25) is 5.91 Å². The first-order chi connectivity index (χ1) is 17.5. The minimum Gasteiger partial charge on any atom is -0.448 e. The second kappa shape index (κ2) is 11.3. The summed E-state index contributed by atoms with van der Waals surface area (Å²) in [4.78, 5) is 29.7. The summed E-state index contributed by atoms with van der Waals surface area (Å²) in [6, 6.07) is 19.4. The van der Waals surface area contributed by atoms with Gasteiger partial charge in [-0.15, -0.1) is 0 Å². The van der Waals surface area contributed by atoms with Crippen LogP contribution in [0.4, 0.5) is 0 Å². The third kappa shape index (κ3) is 5.76. The van der Waals surface area contributed by atoms with Gasteiger partial charge in [0.1, 0.15) is 11.1 Å². The molecular formula is C28H34BrNO4S2Si. The molecule has 0 saturated carbocycles. The number of carbonyl (C=O) groups excluding carboxylic acids is 2. The first kappa shape index (κ1) is 28.5. The molecule has 0 aromatic heterocycles. The van der Waals surface area contributed by atoms with Crippen LogP contribution in [0.15, 0.2) is 71.3 Å². The highest BCUT2D eigenvalue weighted by Gasteiger charge is 2.57.